The number of fused-ring (bicyclic) bond motifs is 1. The zero-order chi connectivity index (χ0) is 15.8. The van der Waals surface area contributed by atoms with Gasteiger partial charge in [0.1, 0.15) is 0 Å². The first kappa shape index (κ1) is 15.6. The summed E-state index contributed by atoms with van der Waals surface area (Å²) in [6.45, 7) is 1.84. The van der Waals surface area contributed by atoms with Gasteiger partial charge in [0.2, 0.25) is 0 Å². The number of hydrogen-bond donors (Lipinski definition) is 2. The molecule has 0 unspecified atom stereocenters. The van der Waals surface area contributed by atoms with Crippen LogP contribution in [0.1, 0.15) is 36.8 Å². The van der Waals surface area contributed by atoms with E-state index in [0.717, 1.165) is 12.1 Å². The Hall–Kier alpha value is -1.76. The molecule has 1 aliphatic rings. The molecular weight excluding hydrogens is 285 g/mol. The SMILES string of the molecule is CC[C@]1(N)C[C@H](C(=O)OC)c2cc(C(F)(F)F)ccc2N1. The number of methoxy groups -OCH3 is 1. The lowest BCUT2D eigenvalue weighted by Crippen LogP contribution is -2.51. The van der Waals surface area contributed by atoms with Crippen LogP contribution in [0.25, 0.3) is 0 Å². The number of rotatable bonds is 2. The van der Waals surface area contributed by atoms with Crippen LogP contribution in [0.15, 0.2) is 18.2 Å². The van der Waals surface area contributed by atoms with Gasteiger partial charge >= 0.3 is 12.1 Å². The van der Waals surface area contributed by atoms with Crippen LogP contribution in [0.5, 0.6) is 0 Å². The number of halogens is 3. The van der Waals surface area contributed by atoms with Crippen molar-refractivity contribution in [2.45, 2.75) is 37.5 Å². The average molecular weight is 302 g/mol. The van der Waals surface area contributed by atoms with Crippen molar-refractivity contribution in [1.82, 2.24) is 0 Å². The van der Waals surface area contributed by atoms with E-state index >= 15 is 0 Å². The fraction of sp³-hybridized carbons (Fsp3) is 0.500. The van der Waals surface area contributed by atoms with E-state index in [1.165, 1.54) is 13.2 Å². The van der Waals surface area contributed by atoms with Gasteiger partial charge in [-0.25, -0.2) is 0 Å². The van der Waals surface area contributed by atoms with Crippen LogP contribution in [-0.4, -0.2) is 18.7 Å². The minimum absolute atomic E-state index is 0.185. The number of anilines is 1. The first-order valence-electron chi connectivity index (χ1n) is 6.56. The molecule has 21 heavy (non-hydrogen) atoms. The third-order valence-corrected chi connectivity index (χ3v) is 3.82. The van der Waals surface area contributed by atoms with Crippen molar-refractivity contribution in [2.75, 3.05) is 12.4 Å². The normalized spacial score (nSPS) is 25.0. The molecule has 0 bridgehead atoms. The van der Waals surface area contributed by atoms with E-state index in [4.69, 9.17) is 10.5 Å². The molecule has 7 heteroatoms. The van der Waals surface area contributed by atoms with Gasteiger partial charge in [-0.2, -0.15) is 13.2 Å². The highest BCUT2D eigenvalue weighted by molar-refractivity contribution is 5.82. The van der Waals surface area contributed by atoms with Crippen molar-refractivity contribution < 1.29 is 22.7 Å². The molecule has 0 saturated heterocycles. The molecule has 2 atom stereocenters. The second-order valence-electron chi connectivity index (χ2n) is 5.21. The highest BCUT2D eigenvalue weighted by Gasteiger charge is 2.40. The Labute approximate surface area is 120 Å². The van der Waals surface area contributed by atoms with Gasteiger partial charge in [-0.1, -0.05) is 6.92 Å². The van der Waals surface area contributed by atoms with Crippen LogP contribution in [0, 0.1) is 0 Å². The topological polar surface area (TPSA) is 64.4 Å². The molecule has 0 aliphatic carbocycles. The predicted molar refractivity (Wildman–Crippen MR) is 71.7 cm³/mol. The van der Waals surface area contributed by atoms with Gasteiger partial charge in [-0.05, 0) is 30.2 Å². The predicted octanol–water partition coefficient (Wildman–Crippen LogP) is 2.84. The quantitative estimate of drug-likeness (QED) is 0.825. The van der Waals surface area contributed by atoms with Crippen LogP contribution >= 0.6 is 0 Å². The van der Waals surface area contributed by atoms with E-state index in [2.05, 4.69) is 5.32 Å². The van der Waals surface area contributed by atoms with Crippen LogP contribution in [-0.2, 0) is 15.7 Å². The number of hydrogen-bond acceptors (Lipinski definition) is 4. The Morgan fingerprint density at radius 1 is 1.52 bits per heavy atom. The number of nitrogens with one attached hydrogen (secondary N) is 1. The second-order valence-corrected chi connectivity index (χ2v) is 5.21. The van der Waals surface area contributed by atoms with Gasteiger partial charge in [0.15, 0.2) is 0 Å². The number of benzene rings is 1. The molecule has 4 nitrogen and oxygen atoms in total. The lowest BCUT2D eigenvalue weighted by Gasteiger charge is -2.39. The standard InChI is InChI=1S/C14H17F3N2O2/c1-3-13(18)7-10(12(20)21-2)9-6-8(14(15,16)17)4-5-11(9)19-13/h4-6,10,19H,3,7,18H2,1-2H3/t10-,13+/m0/s1. The number of alkyl halides is 3. The molecule has 3 N–H and O–H groups in total. The number of carbonyl (C=O) groups is 1. The molecule has 1 aromatic rings. The van der Waals surface area contributed by atoms with E-state index in [9.17, 15) is 18.0 Å². The summed E-state index contributed by atoms with van der Waals surface area (Å²) >= 11 is 0. The van der Waals surface area contributed by atoms with E-state index in [0.29, 0.717) is 12.1 Å². The lowest BCUT2D eigenvalue weighted by atomic mass is 9.82. The van der Waals surface area contributed by atoms with Gasteiger partial charge in [-0.15, -0.1) is 0 Å². The number of carbonyl (C=O) groups excluding carboxylic acids is 1. The van der Waals surface area contributed by atoms with E-state index in [-0.39, 0.29) is 12.0 Å². The summed E-state index contributed by atoms with van der Waals surface area (Å²) in [5.41, 5.74) is 5.21. The lowest BCUT2D eigenvalue weighted by molar-refractivity contribution is -0.143. The number of nitrogens with two attached hydrogens (primary N) is 1. The molecule has 0 spiro atoms. The Morgan fingerprint density at radius 3 is 2.71 bits per heavy atom. The molecule has 116 valence electrons. The van der Waals surface area contributed by atoms with Crippen LogP contribution in [0.3, 0.4) is 0 Å². The summed E-state index contributed by atoms with van der Waals surface area (Å²) in [6.07, 6.45) is -3.75. The number of ether oxygens (including phenoxy) is 1. The van der Waals surface area contributed by atoms with Gasteiger partial charge in [-0.3, -0.25) is 4.79 Å². The Bertz CT molecular complexity index is 560. The van der Waals surface area contributed by atoms with Crippen molar-refractivity contribution in [2.24, 2.45) is 5.73 Å². The minimum Gasteiger partial charge on any atom is -0.469 e. The molecule has 1 aliphatic heterocycles. The van der Waals surface area contributed by atoms with Gasteiger partial charge in [0.05, 0.1) is 24.3 Å². The van der Waals surface area contributed by atoms with Crippen LogP contribution < -0.4 is 11.1 Å². The largest absolute Gasteiger partial charge is 0.469 e. The van der Waals surface area contributed by atoms with Crippen molar-refractivity contribution in [1.29, 1.82) is 0 Å². The van der Waals surface area contributed by atoms with Gasteiger partial charge in [0, 0.05) is 12.1 Å². The highest BCUT2D eigenvalue weighted by Crippen LogP contribution is 2.41. The number of esters is 1. The molecule has 0 saturated carbocycles. The zero-order valence-corrected chi connectivity index (χ0v) is 11.8. The summed E-state index contributed by atoms with van der Waals surface area (Å²) in [7, 11) is 1.21. The third-order valence-electron chi connectivity index (χ3n) is 3.82. The van der Waals surface area contributed by atoms with Gasteiger partial charge < -0.3 is 15.8 Å². The first-order valence-corrected chi connectivity index (χ1v) is 6.56. The zero-order valence-electron chi connectivity index (χ0n) is 11.8. The third kappa shape index (κ3) is 2.97. The van der Waals surface area contributed by atoms with Crippen molar-refractivity contribution in [3.05, 3.63) is 29.3 Å². The van der Waals surface area contributed by atoms with Crippen molar-refractivity contribution >= 4 is 11.7 Å². The molecule has 1 heterocycles. The fourth-order valence-corrected chi connectivity index (χ4v) is 2.52. The summed E-state index contributed by atoms with van der Waals surface area (Å²) < 4.78 is 43.2. The molecule has 0 aromatic heterocycles. The minimum atomic E-state index is -4.46. The molecule has 2 rings (SSSR count). The summed E-state index contributed by atoms with van der Waals surface area (Å²) in [4.78, 5) is 11.9. The fourth-order valence-electron chi connectivity index (χ4n) is 2.52. The highest BCUT2D eigenvalue weighted by atomic mass is 19.4. The molecule has 0 radical (unpaired) electrons. The first-order chi connectivity index (χ1) is 9.70. The summed E-state index contributed by atoms with van der Waals surface area (Å²) in [6, 6.07) is 3.27. The molecule has 0 amide bonds. The van der Waals surface area contributed by atoms with Gasteiger partial charge in [0.25, 0.3) is 0 Å². The van der Waals surface area contributed by atoms with Crippen LogP contribution in [0.2, 0.25) is 0 Å². The Morgan fingerprint density at radius 2 is 2.19 bits per heavy atom. The van der Waals surface area contributed by atoms with E-state index in [1.54, 1.807) is 0 Å². The Kier molecular flexibility index (Phi) is 3.88. The van der Waals surface area contributed by atoms with Crippen molar-refractivity contribution in [3.8, 4) is 0 Å². The average Bonchev–Trinajstić information content (AvgIpc) is 2.44. The maximum atomic E-state index is 12.8. The molecular formula is C14H17F3N2O2. The second kappa shape index (κ2) is 5.22. The van der Waals surface area contributed by atoms with E-state index < -0.39 is 29.3 Å². The Balaban J connectivity index is 2.52. The van der Waals surface area contributed by atoms with Crippen molar-refractivity contribution in [3.63, 3.8) is 0 Å². The summed E-state index contributed by atoms with van der Waals surface area (Å²) in [5, 5.41) is 3.01. The molecule has 1 aromatic carbocycles. The smallest absolute Gasteiger partial charge is 0.416 e. The van der Waals surface area contributed by atoms with E-state index in [1.807, 2.05) is 6.92 Å². The maximum Gasteiger partial charge on any atom is 0.416 e. The molecule has 0 fully saturated rings. The summed E-state index contributed by atoms with van der Waals surface area (Å²) in [5.74, 6) is -1.39. The maximum absolute atomic E-state index is 12.8. The van der Waals surface area contributed by atoms with Crippen LogP contribution in [0.4, 0.5) is 18.9 Å². The monoisotopic (exact) mass is 302 g/mol.